The Bertz CT molecular complexity index is 414. The van der Waals surface area contributed by atoms with E-state index in [1.54, 1.807) is 31.2 Å². The third kappa shape index (κ3) is 2.00. The first kappa shape index (κ1) is 11.3. The highest BCUT2D eigenvalue weighted by Gasteiger charge is 2.50. The second-order valence-corrected chi connectivity index (χ2v) is 4.63. The van der Waals surface area contributed by atoms with Crippen LogP contribution < -0.4 is 4.74 Å². The Labute approximate surface area is 99.0 Å². The molecule has 1 aromatic rings. The molecule has 1 aromatic carbocycles. The van der Waals surface area contributed by atoms with Crippen molar-refractivity contribution in [1.82, 2.24) is 0 Å². The topological polar surface area (TPSA) is 46.5 Å². The van der Waals surface area contributed by atoms with Gasteiger partial charge in [-0.2, -0.15) is 0 Å². The Morgan fingerprint density at radius 3 is 2.62 bits per heavy atom. The standard InChI is InChI=1S/C12H13ClO3/c1-12(11(14)15,8-6-7-8)16-10-5-3-2-4-9(10)13/h2-5,8H,6-7H2,1H3,(H,14,15). The number of carbonyl (C=O) groups is 1. The first-order valence-electron chi connectivity index (χ1n) is 5.21. The minimum Gasteiger partial charge on any atom is -0.478 e. The predicted molar refractivity (Wildman–Crippen MR) is 60.8 cm³/mol. The molecule has 0 radical (unpaired) electrons. The number of carboxylic acid groups (broad SMARTS) is 1. The molecular weight excluding hydrogens is 228 g/mol. The lowest BCUT2D eigenvalue weighted by molar-refractivity contribution is -0.155. The van der Waals surface area contributed by atoms with Crippen molar-refractivity contribution in [2.24, 2.45) is 5.92 Å². The zero-order valence-corrected chi connectivity index (χ0v) is 9.70. The molecule has 16 heavy (non-hydrogen) atoms. The lowest BCUT2D eigenvalue weighted by atomic mass is 10.0. The summed E-state index contributed by atoms with van der Waals surface area (Å²) in [6, 6.07) is 6.93. The fraction of sp³-hybridized carbons (Fsp3) is 0.417. The summed E-state index contributed by atoms with van der Waals surface area (Å²) in [4.78, 5) is 11.3. The Morgan fingerprint density at radius 1 is 1.50 bits per heavy atom. The maximum absolute atomic E-state index is 11.3. The van der Waals surface area contributed by atoms with Crippen molar-refractivity contribution in [1.29, 1.82) is 0 Å². The highest BCUT2D eigenvalue weighted by atomic mass is 35.5. The van der Waals surface area contributed by atoms with E-state index in [1.807, 2.05) is 0 Å². The summed E-state index contributed by atoms with van der Waals surface area (Å²) in [6.45, 7) is 1.61. The smallest absolute Gasteiger partial charge is 0.348 e. The lowest BCUT2D eigenvalue weighted by Gasteiger charge is -2.26. The fourth-order valence-electron chi connectivity index (χ4n) is 1.69. The average Bonchev–Trinajstić information content (AvgIpc) is 3.04. The zero-order chi connectivity index (χ0) is 11.8. The van der Waals surface area contributed by atoms with Gasteiger partial charge in [0.05, 0.1) is 5.02 Å². The van der Waals surface area contributed by atoms with Gasteiger partial charge in [-0.1, -0.05) is 23.7 Å². The highest BCUT2D eigenvalue weighted by molar-refractivity contribution is 6.32. The van der Waals surface area contributed by atoms with Crippen molar-refractivity contribution in [3.63, 3.8) is 0 Å². The molecule has 1 unspecified atom stereocenters. The van der Waals surface area contributed by atoms with E-state index in [-0.39, 0.29) is 5.92 Å². The van der Waals surface area contributed by atoms with Crippen LogP contribution in [0.2, 0.25) is 5.02 Å². The van der Waals surface area contributed by atoms with Crippen molar-refractivity contribution >= 4 is 17.6 Å². The first-order chi connectivity index (χ1) is 7.54. The van der Waals surface area contributed by atoms with Gasteiger partial charge in [0.1, 0.15) is 5.75 Å². The van der Waals surface area contributed by atoms with E-state index in [9.17, 15) is 9.90 Å². The molecule has 0 saturated heterocycles. The van der Waals surface area contributed by atoms with Crippen LogP contribution in [0.5, 0.6) is 5.75 Å². The molecule has 1 aliphatic carbocycles. The number of aliphatic carboxylic acids is 1. The summed E-state index contributed by atoms with van der Waals surface area (Å²) >= 11 is 5.94. The van der Waals surface area contributed by atoms with Gasteiger partial charge in [0, 0.05) is 5.92 Å². The van der Waals surface area contributed by atoms with Crippen LogP contribution in [0, 0.1) is 5.92 Å². The summed E-state index contributed by atoms with van der Waals surface area (Å²) < 4.78 is 5.59. The van der Waals surface area contributed by atoms with E-state index in [0.717, 1.165) is 12.8 Å². The molecule has 0 spiro atoms. The Kier molecular flexibility index (Phi) is 2.80. The van der Waals surface area contributed by atoms with E-state index >= 15 is 0 Å². The molecule has 1 N–H and O–H groups in total. The Morgan fingerprint density at radius 2 is 2.12 bits per heavy atom. The van der Waals surface area contributed by atoms with Crippen LogP contribution in [0.4, 0.5) is 0 Å². The van der Waals surface area contributed by atoms with Gasteiger partial charge in [-0.05, 0) is 31.9 Å². The van der Waals surface area contributed by atoms with E-state index in [1.165, 1.54) is 0 Å². The van der Waals surface area contributed by atoms with Crippen molar-refractivity contribution in [2.75, 3.05) is 0 Å². The maximum Gasteiger partial charge on any atom is 0.348 e. The summed E-state index contributed by atoms with van der Waals surface area (Å²) in [5, 5.41) is 9.67. The van der Waals surface area contributed by atoms with Crippen molar-refractivity contribution in [2.45, 2.75) is 25.4 Å². The first-order valence-corrected chi connectivity index (χ1v) is 5.59. The van der Waals surface area contributed by atoms with Crippen LogP contribution in [-0.2, 0) is 4.79 Å². The van der Waals surface area contributed by atoms with E-state index in [4.69, 9.17) is 16.3 Å². The van der Waals surface area contributed by atoms with E-state index in [0.29, 0.717) is 10.8 Å². The minimum absolute atomic E-state index is 0.0845. The third-order valence-electron chi connectivity index (χ3n) is 2.94. The van der Waals surface area contributed by atoms with E-state index in [2.05, 4.69) is 0 Å². The molecule has 0 heterocycles. The number of hydrogen-bond donors (Lipinski definition) is 1. The maximum atomic E-state index is 11.3. The summed E-state index contributed by atoms with van der Waals surface area (Å²) in [6.07, 6.45) is 1.79. The summed E-state index contributed by atoms with van der Waals surface area (Å²) in [7, 11) is 0. The SMILES string of the molecule is CC(Oc1ccccc1Cl)(C(=O)O)C1CC1. The van der Waals surface area contributed by atoms with Crippen LogP contribution in [0.15, 0.2) is 24.3 Å². The molecule has 2 rings (SSSR count). The number of hydrogen-bond acceptors (Lipinski definition) is 2. The Balaban J connectivity index is 2.24. The third-order valence-corrected chi connectivity index (χ3v) is 3.25. The van der Waals surface area contributed by atoms with Gasteiger partial charge in [-0.3, -0.25) is 0 Å². The molecule has 0 aromatic heterocycles. The second kappa shape index (κ2) is 3.98. The summed E-state index contributed by atoms with van der Waals surface area (Å²) in [5.41, 5.74) is -1.16. The van der Waals surface area contributed by atoms with Crippen molar-refractivity contribution < 1.29 is 14.6 Å². The summed E-state index contributed by atoms with van der Waals surface area (Å²) in [5.74, 6) is -0.419. The number of carboxylic acids is 1. The molecule has 1 fully saturated rings. The number of benzene rings is 1. The predicted octanol–water partition coefficient (Wildman–Crippen LogP) is 2.97. The van der Waals surface area contributed by atoms with Crippen LogP contribution in [0.25, 0.3) is 0 Å². The molecule has 0 aliphatic heterocycles. The number of rotatable bonds is 4. The number of halogens is 1. The molecule has 86 valence electrons. The quantitative estimate of drug-likeness (QED) is 0.880. The van der Waals surface area contributed by atoms with Gasteiger partial charge in [0.2, 0.25) is 5.60 Å². The zero-order valence-electron chi connectivity index (χ0n) is 8.94. The Hall–Kier alpha value is -1.22. The largest absolute Gasteiger partial charge is 0.478 e. The number of ether oxygens (including phenoxy) is 1. The van der Waals surface area contributed by atoms with E-state index < -0.39 is 11.6 Å². The van der Waals surface area contributed by atoms with Gasteiger partial charge in [-0.25, -0.2) is 4.79 Å². The number of para-hydroxylation sites is 1. The molecule has 3 nitrogen and oxygen atoms in total. The van der Waals surface area contributed by atoms with Crippen LogP contribution in [-0.4, -0.2) is 16.7 Å². The monoisotopic (exact) mass is 240 g/mol. The van der Waals surface area contributed by atoms with Crippen LogP contribution in [0.1, 0.15) is 19.8 Å². The lowest BCUT2D eigenvalue weighted by Crippen LogP contribution is -2.43. The normalized spacial score (nSPS) is 18.9. The molecular formula is C12H13ClO3. The van der Waals surface area contributed by atoms with Gasteiger partial charge >= 0.3 is 5.97 Å². The fourth-order valence-corrected chi connectivity index (χ4v) is 1.87. The minimum atomic E-state index is -1.16. The molecule has 0 amide bonds. The van der Waals surface area contributed by atoms with Gasteiger partial charge in [0.25, 0.3) is 0 Å². The van der Waals surface area contributed by atoms with Crippen molar-refractivity contribution in [3.05, 3.63) is 29.3 Å². The van der Waals surface area contributed by atoms with Gasteiger partial charge in [-0.15, -0.1) is 0 Å². The molecule has 1 atom stereocenters. The molecule has 0 bridgehead atoms. The molecule has 4 heteroatoms. The van der Waals surface area contributed by atoms with Crippen molar-refractivity contribution in [3.8, 4) is 5.75 Å². The molecule has 1 aliphatic rings. The van der Waals surface area contributed by atoms with Crippen LogP contribution in [0.3, 0.4) is 0 Å². The highest BCUT2D eigenvalue weighted by Crippen LogP contribution is 2.43. The second-order valence-electron chi connectivity index (χ2n) is 4.22. The molecule has 1 saturated carbocycles. The van der Waals surface area contributed by atoms with Gasteiger partial charge < -0.3 is 9.84 Å². The van der Waals surface area contributed by atoms with Gasteiger partial charge in [0.15, 0.2) is 0 Å². The van der Waals surface area contributed by atoms with Crippen LogP contribution >= 0.6 is 11.6 Å². The average molecular weight is 241 g/mol.